The van der Waals surface area contributed by atoms with Crippen molar-refractivity contribution in [3.8, 4) is 17.2 Å². The molecule has 2 aromatic rings. The van der Waals surface area contributed by atoms with E-state index in [1.54, 1.807) is 39.3 Å². The van der Waals surface area contributed by atoms with Crippen molar-refractivity contribution in [1.82, 2.24) is 10.6 Å². The minimum atomic E-state index is -2.94. The summed E-state index contributed by atoms with van der Waals surface area (Å²) in [6, 6.07) is 12.7. The van der Waals surface area contributed by atoms with Crippen LogP contribution in [0.2, 0.25) is 0 Å². The third kappa shape index (κ3) is 7.56. The molecule has 9 heteroatoms. The summed E-state index contributed by atoms with van der Waals surface area (Å²) in [6.07, 6.45) is 0. The Labute approximate surface area is 186 Å². The van der Waals surface area contributed by atoms with Crippen LogP contribution in [0.3, 0.4) is 0 Å². The molecule has 0 saturated heterocycles. The van der Waals surface area contributed by atoms with Crippen LogP contribution in [0.25, 0.3) is 0 Å². The van der Waals surface area contributed by atoms with E-state index in [-0.39, 0.29) is 42.0 Å². The number of aliphatic imine (C=N–C) groups is 1. The lowest BCUT2D eigenvalue weighted by atomic mass is 10.2. The van der Waals surface area contributed by atoms with Crippen molar-refractivity contribution in [2.45, 2.75) is 26.6 Å². The molecule has 0 aliphatic carbocycles. The molecule has 6 nitrogen and oxygen atoms in total. The molecule has 0 spiro atoms. The molecule has 2 aromatic carbocycles. The van der Waals surface area contributed by atoms with Gasteiger partial charge in [0.25, 0.3) is 0 Å². The minimum absolute atomic E-state index is 0. The van der Waals surface area contributed by atoms with Crippen LogP contribution < -0.4 is 24.8 Å². The lowest BCUT2D eigenvalue weighted by Gasteiger charge is -2.17. The normalized spacial score (nSPS) is 10.9. The smallest absolute Gasteiger partial charge is 0.387 e. The van der Waals surface area contributed by atoms with Crippen molar-refractivity contribution in [2.75, 3.05) is 20.8 Å². The molecule has 0 bridgehead atoms. The molecule has 160 valence electrons. The summed E-state index contributed by atoms with van der Waals surface area (Å²) < 4.78 is 41.0. The predicted octanol–water partition coefficient (Wildman–Crippen LogP) is 4.18. The number of methoxy groups -OCH3 is 1. The number of hydrogen-bond acceptors (Lipinski definition) is 4. The Hall–Kier alpha value is -2.30. The van der Waals surface area contributed by atoms with Gasteiger partial charge in [0.05, 0.1) is 13.7 Å². The Balaban J connectivity index is 0.00000420. The quantitative estimate of drug-likeness (QED) is 0.295. The zero-order chi connectivity index (χ0) is 20.4. The molecular weight excluding hydrogens is 495 g/mol. The number of hydrogen-bond donors (Lipinski definition) is 2. The third-order valence-electron chi connectivity index (χ3n) is 3.88. The number of ether oxygens (including phenoxy) is 3. The first kappa shape index (κ1) is 24.7. The standard InChI is InChI=1S/C20H25F2N3O3.HI/c1-4-27-17-11-7-9-15(18(17)28-19(21)22)13-25-20(23-2)24-12-14-8-5-6-10-16(14)26-3;/h5-11,19H,4,12-13H2,1-3H3,(H2,23,24,25);1H. The van der Waals surface area contributed by atoms with Gasteiger partial charge in [-0.2, -0.15) is 8.78 Å². The highest BCUT2D eigenvalue weighted by atomic mass is 127. The number of para-hydroxylation sites is 2. The third-order valence-corrected chi connectivity index (χ3v) is 3.88. The van der Waals surface area contributed by atoms with Gasteiger partial charge in [-0.3, -0.25) is 4.99 Å². The van der Waals surface area contributed by atoms with E-state index in [4.69, 9.17) is 9.47 Å². The van der Waals surface area contributed by atoms with Gasteiger partial charge in [-0.25, -0.2) is 0 Å². The van der Waals surface area contributed by atoms with Crippen LogP contribution in [0.4, 0.5) is 8.78 Å². The monoisotopic (exact) mass is 521 g/mol. The highest BCUT2D eigenvalue weighted by Gasteiger charge is 2.16. The number of alkyl halides is 2. The van der Waals surface area contributed by atoms with Crippen LogP contribution in [0.5, 0.6) is 17.2 Å². The minimum Gasteiger partial charge on any atom is -0.496 e. The van der Waals surface area contributed by atoms with Gasteiger partial charge in [0.15, 0.2) is 17.5 Å². The fraction of sp³-hybridized carbons (Fsp3) is 0.350. The summed E-state index contributed by atoms with van der Waals surface area (Å²) in [4.78, 5) is 4.16. The molecule has 0 atom stereocenters. The SMILES string of the molecule is CCOc1cccc(CNC(=NC)NCc2ccccc2OC)c1OC(F)F.I. The number of guanidine groups is 1. The van der Waals surface area contributed by atoms with E-state index in [1.165, 1.54) is 0 Å². The summed E-state index contributed by atoms with van der Waals surface area (Å²) >= 11 is 0. The molecule has 0 fully saturated rings. The lowest BCUT2D eigenvalue weighted by molar-refractivity contribution is -0.0520. The maximum Gasteiger partial charge on any atom is 0.387 e. The molecular formula is C20H26F2IN3O3. The maximum absolute atomic E-state index is 12.8. The lowest BCUT2D eigenvalue weighted by Crippen LogP contribution is -2.36. The average molecular weight is 521 g/mol. The van der Waals surface area contributed by atoms with Gasteiger partial charge in [-0.05, 0) is 19.1 Å². The van der Waals surface area contributed by atoms with Gasteiger partial charge in [-0.15, -0.1) is 24.0 Å². The molecule has 0 aliphatic rings. The largest absolute Gasteiger partial charge is 0.496 e. The molecule has 0 aromatic heterocycles. The van der Waals surface area contributed by atoms with Crippen molar-refractivity contribution in [3.63, 3.8) is 0 Å². The zero-order valence-electron chi connectivity index (χ0n) is 16.6. The number of nitrogens with zero attached hydrogens (tertiary/aromatic N) is 1. The first-order valence-corrected chi connectivity index (χ1v) is 8.84. The Morgan fingerprint density at radius 3 is 2.24 bits per heavy atom. The number of halogens is 3. The van der Waals surface area contributed by atoms with Crippen molar-refractivity contribution in [2.24, 2.45) is 4.99 Å². The summed E-state index contributed by atoms with van der Waals surface area (Å²) in [5, 5.41) is 6.26. The second-order valence-electron chi connectivity index (χ2n) is 5.65. The fourth-order valence-electron chi connectivity index (χ4n) is 2.62. The van der Waals surface area contributed by atoms with E-state index < -0.39 is 6.61 Å². The van der Waals surface area contributed by atoms with E-state index >= 15 is 0 Å². The topological polar surface area (TPSA) is 64.1 Å². The Morgan fingerprint density at radius 2 is 1.62 bits per heavy atom. The molecule has 0 heterocycles. The Morgan fingerprint density at radius 1 is 1.00 bits per heavy atom. The highest BCUT2D eigenvalue weighted by molar-refractivity contribution is 14.0. The molecule has 2 N–H and O–H groups in total. The van der Waals surface area contributed by atoms with Crippen molar-refractivity contribution in [3.05, 3.63) is 53.6 Å². The molecule has 0 saturated carbocycles. The van der Waals surface area contributed by atoms with Crippen LogP contribution in [0, 0.1) is 0 Å². The molecule has 0 radical (unpaired) electrons. The van der Waals surface area contributed by atoms with Crippen LogP contribution in [-0.2, 0) is 13.1 Å². The maximum atomic E-state index is 12.8. The molecule has 29 heavy (non-hydrogen) atoms. The van der Waals surface area contributed by atoms with E-state index in [0.717, 1.165) is 11.3 Å². The van der Waals surface area contributed by atoms with Gasteiger partial charge in [0.2, 0.25) is 0 Å². The van der Waals surface area contributed by atoms with E-state index in [2.05, 4.69) is 20.4 Å². The van der Waals surface area contributed by atoms with Crippen LogP contribution in [0.1, 0.15) is 18.1 Å². The predicted molar refractivity (Wildman–Crippen MR) is 120 cm³/mol. The summed E-state index contributed by atoms with van der Waals surface area (Å²) in [7, 11) is 3.24. The number of rotatable bonds is 9. The van der Waals surface area contributed by atoms with E-state index in [0.29, 0.717) is 24.7 Å². The fourth-order valence-corrected chi connectivity index (χ4v) is 2.62. The summed E-state index contributed by atoms with van der Waals surface area (Å²) in [5.41, 5.74) is 1.50. The molecule has 0 amide bonds. The van der Waals surface area contributed by atoms with Crippen LogP contribution in [-0.4, -0.2) is 33.3 Å². The van der Waals surface area contributed by atoms with E-state index in [9.17, 15) is 8.78 Å². The van der Waals surface area contributed by atoms with Crippen LogP contribution >= 0.6 is 24.0 Å². The van der Waals surface area contributed by atoms with Gasteiger partial charge < -0.3 is 24.8 Å². The summed E-state index contributed by atoms with van der Waals surface area (Å²) in [5.74, 6) is 1.57. The van der Waals surface area contributed by atoms with Crippen molar-refractivity contribution < 1.29 is 23.0 Å². The zero-order valence-corrected chi connectivity index (χ0v) is 18.9. The molecule has 2 rings (SSSR count). The second kappa shape index (κ2) is 13.0. The van der Waals surface area contributed by atoms with Gasteiger partial charge in [0, 0.05) is 31.3 Å². The molecule has 0 unspecified atom stereocenters. The molecule has 0 aliphatic heterocycles. The van der Waals surface area contributed by atoms with Crippen molar-refractivity contribution >= 4 is 29.9 Å². The first-order chi connectivity index (χ1) is 13.6. The Bertz CT molecular complexity index is 791. The van der Waals surface area contributed by atoms with Crippen molar-refractivity contribution in [1.29, 1.82) is 0 Å². The van der Waals surface area contributed by atoms with Crippen LogP contribution in [0.15, 0.2) is 47.5 Å². The van der Waals surface area contributed by atoms with Gasteiger partial charge in [-0.1, -0.05) is 30.3 Å². The summed E-state index contributed by atoms with van der Waals surface area (Å²) in [6.45, 7) is -0.0972. The number of benzene rings is 2. The second-order valence-corrected chi connectivity index (χ2v) is 5.65. The Kier molecular flexibility index (Phi) is 11.1. The van der Waals surface area contributed by atoms with Gasteiger partial charge >= 0.3 is 6.61 Å². The van der Waals surface area contributed by atoms with E-state index in [1.807, 2.05) is 24.3 Å². The highest BCUT2D eigenvalue weighted by Crippen LogP contribution is 2.32. The number of nitrogens with one attached hydrogen (secondary N) is 2. The van der Waals surface area contributed by atoms with Gasteiger partial charge in [0.1, 0.15) is 5.75 Å². The average Bonchev–Trinajstić information content (AvgIpc) is 2.70. The first-order valence-electron chi connectivity index (χ1n) is 8.84.